The zero-order valence-electron chi connectivity index (χ0n) is 8.61. The van der Waals surface area contributed by atoms with E-state index in [2.05, 4.69) is 5.92 Å². The summed E-state index contributed by atoms with van der Waals surface area (Å²) in [6.07, 6.45) is 6.80. The number of unbranched alkanes of at least 4 members (excludes halogenated alkanes) is 1. The highest BCUT2D eigenvalue weighted by Gasteiger charge is 2.01. The summed E-state index contributed by atoms with van der Waals surface area (Å²) in [5, 5.41) is 0. The van der Waals surface area contributed by atoms with Gasteiger partial charge in [0.15, 0.2) is 0 Å². The molecule has 0 unspecified atom stereocenters. The molecule has 0 aromatic heterocycles. The van der Waals surface area contributed by atoms with Crippen LogP contribution in [-0.4, -0.2) is 5.97 Å². The van der Waals surface area contributed by atoms with E-state index in [0.29, 0.717) is 25.9 Å². The van der Waals surface area contributed by atoms with Gasteiger partial charge in [-0.05, 0) is 12.0 Å². The summed E-state index contributed by atoms with van der Waals surface area (Å²) in [5.74, 6) is 2.30. The Balaban J connectivity index is 2.20. The number of carbonyl (C=O) groups excluding carboxylic acids is 1. The second kappa shape index (κ2) is 6.67. The van der Waals surface area contributed by atoms with Crippen LogP contribution in [0.3, 0.4) is 0 Å². The van der Waals surface area contributed by atoms with Gasteiger partial charge >= 0.3 is 5.97 Å². The molecule has 0 aliphatic heterocycles. The van der Waals surface area contributed by atoms with Crippen molar-refractivity contribution in [2.75, 3.05) is 0 Å². The van der Waals surface area contributed by atoms with Crippen LogP contribution >= 0.6 is 0 Å². The van der Waals surface area contributed by atoms with Crippen LogP contribution in [0, 0.1) is 12.3 Å². The van der Waals surface area contributed by atoms with Crippen LogP contribution in [0.15, 0.2) is 30.3 Å². The maximum Gasteiger partial charge on any atom is 0.306 e. The number of hydrogen-bond donors (Lipinski definition) is 0. The summed E-state index contributed by atoms with van der Waals surface area (Å²) in [6, 6.07) is 9.62. The van der Waals surface area contributed by atoms with Gasteiger partial charge in [0.2, 0.25) is 0 Å². The fraction of sp³-hybridized carbons (Fsp3) is 0.308. The summed E-state index contributed by atoms with van der Waals surface area (Å²) in [6.45, 7) is 0.343. The molecule has 0 radical (unpaired) electrons. The first kappa shape index (κ1) is 11.3. The van der Waals surface area contributed by atoms with Crippen molar-refractivity contribution in [3.8, 4) is 12.3 Å². The van der Waals surface area contributed by atoms with Gasteiger partial charge in [-0.3, -0.25) is 4.79 Å². The molecule has 1 rings (SSSR count). The van der Waals surface area contributed by atoms with E-state index in [4.69, 9.17) is 11.2 Å². The second-order valence-electron chi connectivity index (χ2n) is 3.20. The van der Waals surface area contributed by atoms with Gasteiger partial charge in [-0.15, -0.1) is 12.3 Å². The molecule has 0 atom stereocenters. The largest absolute Gasteiger partial charge is 0.461 e. The van der Waals surface area contributed by atoms with Crippen molar-refractivity contribution in [3.63, 3.8) is 0 Å². The van der Waals surface area contributed by atoms with Crippen molar-refractivity contribution in [3.05, 3.63) is 35.9 Å². The Morgan fingerprint density at radius 1 is 1.33 bits per heavy atom. The maximum atomic E-state index is 11.2. The van der Waals surface area contributed by atoms with Gasteiger partial charge < -0.3 is 4.74 Å². The van der Waals surface area contributed by atoms with Crippen molar-refractivity contribution < 1.29 is 9.53 Å². The lowest BCUT2D eigenvalue weighted by atomic mass is 10.2. The molecule has 15 heavy (non-hydrogen) atoms. The molecule has 0 saturated heterocycles. The molecule has 0 fully saturated rings. The highest BCUT2D eigenvalue weighted by atomic mass is 16.5. The number of hydrogen-bond acceptors (Lipinski definition) is 2. The third kappa shape index (κ3) is 4.87. The number of rotatable bonds is 5. The number of terminal acetylenes is 1. The van der Waals surface area contributed by atoms with Gasteiger partial charge in [-0.2, -0.15) is 0 Å². The van der Waals surface area contributed by atoms with Crippen LogP contribution in [-0.2, 0) is 16.1 Å². The third-order valence-electron chi connectivity index (χ3n) is 1.94. The molecular formula is C13H14O2. The summed E-state index contributed by atoms with van der Waals surface area (Å²) < 4.78 is 5.07. The fourth-order valence-corrected chi connectivity index (χ4v) is 1.15. The molecule has 0 aliphatic carbocycles. The van der Waals surface area contributed by atoms with E-state index < -0.39 is 0 Å². The quantitative estimate of drug-likeness (QED) is 0.416. The van der Waals surface area contributed by atoms with Crippen LogP contribution in [0.2, 0.25) is 0 Å². The van der Waals surface area contributed by atoms with Crippen molar-refractivity contribution in [1.82, 2.24) is 0 Å². The van der Waals surface area contributed by atoms with E-state index in [0.717, 1.165) is 5.56 Å². The Hall–Kier alpha value is -1.75. The number of carbonyl (C=O) groups is 1. The zero-order chi connectivity index (χ0) is 10.9. The highest BCUT2D eigenvalue weighted by molar-refractivity contribution is 5.69. The number of ether oxygens (including phenoxy) is 1. The normalized spacial score (nSPS) is 9.27. The van der Waals surface area contributed by atoms with E-state index in [1.54, 1.807) is 0 Å². The van der Waals surface area contributed by atoms with Crippen LogP contribution < -0.4 is 0 Å². The molecule has 0 spiro atoms. The topological polar surface area (TPSA) is 26.3 Å². The maximum absolute atomic E-state index is 11.2. The van der Waals surface area contributed by atoms with Gasteiger partial charge in [0.1, 0.15) is 6.61 Å². The number of benzene rings is 1. The molecule has 0 aliphatic rings. The summed E-state index contributed by atoms with van der Waals surface area (Å²) in [5.41, 5.74) is 1.00. The Bertz CT molecular complexity index is 335. The fourth-order valence-electron chi connectivity index (χ4n) is 1.15. The van der Waals surface area contributed by atoms with Crippen LogP contribution in [0.25, 0.3) is 0 Å². The highest BCUT2D eigenvalue weighted by Crippen LogP contribution is 2.03. The minimum absolute atomic E-state index is 0.186. The molecular weight excluding hydrogens is 188 g/mol. The SMILES string of the molecule is C#CCCCC(=O)OCc1ccccc1. The summed E-state index contributed by atoms with van der Waals surface area (Å²) in [4.78, 5) is 11.2. The first-order valence-electron chi connectivity index (χ1n) is 4.96. The molecule has 0 saturated carbocycles. The third-order valence-corrected chi connectivity index (χ3v) is 1.94. The van der Waals surface area contributed by atoms with Crippen molar-refractivity contribution in [2.24, 2.45) is 0 Å². The van der Waals surface area contributed by atoms with Crippen LogP contribution in [0.4, 0.5) is 0 Å². The predicted molar refractivity (Wildman–Crippen MR) is 58.9 cm³/mol. The smallest absolute Gasteiger partial charge is 0.306 e. The molecule has 1 aromatic carbocycles. The Labute approximate surface area is 90.3 Å². The Morgan fingerprint density at radius 3 is 2.73 bits per heavy atom. The van der Waals surface area contributed by atoms with E-state index in [-0.39, 0.29) is 5.97 Å². The van der Waals surface area contributed by atoms with Crippen LogP contribution in [0.5, 0.6) is 0 Å². The first-order valence-corrected chi connectivity index (χ1v) is 4.96. The minimum atomic E-state index is -0.186. The average molecular weight is 202 g/mol. The van der Waals surface area contributed by atoms with Crippen molar-refractivity contribution >= 4 is 5.97 Å². The van der Waals surface area contributed by atoms with E-state index in [1.807, 2.05) is 30.3 Å². The van der Waals surface area contributed by atoms with Gasteiger partial charge in [0.05, 0.1) is 0 Å². The summed E-state index contributed by atoms with van der Waals surface area (Å²) in [7, 11) is 0. The molecule has 1 aromatic rings. The summed E-state index contributed by atoms with van der Waals surface area (Å²) >= 11 is 0. The van der Waals surface area contributed by atoms with E-state index in [1.165, 1.54) is 0 Å². The second-order valence-corrected chi connectivity index (χ2v) is 3.20. The van der Waals surface area contributed by atoms with Gasteiger partial charge in [-0.1, -0.05) is 30.3 Å². The van der Waals surface area contributed by atoms with Crippen molar-refractivity contribution in [2.45, 2.75) is 25.9 Å². The lowest BCUT2D eigenvalue weighted by Crippen LogP contribution is -2.03. The zero-order valence-corrected chi connectivity index (χ0v) is 8.61. The molecule has 78 valence electrons. The van der Waals surface area contributed by atoms with E-state index in [9.17, 15) is 4.79 Å². The molecule has 2 heteroatoms. The molecule has 0 N–H and O–H groups in total. The van der Waals surface area contributed by atoms with Crippen molar-refractivity contribution in [1.29, 1.82) is 0 Å². The Kier molecular flexibility index (Phi) is 5.03. The van der Waals surface area contributed by atoms with E-state index >= 15 is 0 Å². The number of esters is 1. The van der Waals surface area contributed by atoms with Gasteiger partial charge in [0, 0.05) is 12.8 Å². The van der Waals surface area contributed by atoms with Gasteiger partial charge in [-0.25, -0.2) is 0 Å². The van der Waals surface area contributed by atoms with Gasteiger partial charge in [0.25, 0.3) is 0 Å². The lowest BCUT2D eigenvalue weighted by molar-refractivity contribution is -0.145. The lowest BCUT2D eigenvalue weighted by Gasteiger charge is -2.03. The first-order chi connectivity index (χ1) is 7.33. The Morgan fingerprint density at radius 2 is 2.07 bits per heavy atom. The monoisotopic (exact) mass is 202 g/mol. The minimum Gasteiger partial charge on any atom is -0.461 e. The predicted octanol–water partition coefficient (Wildman–Crippen LogP) is 2.53. The van der Waals surface area contributed by atoms with Crippen LogP contribution in [0.1, 0.15) is 24.8 Å². The molecule has 0 bridgehead atoms. The standard InChI is InChI=1S/C13H14O2/c1-2-3-5-10-13(14)15-11-12-8-6-4-7-9-12/h1,4,6-9H,3,5,10-11H2. The average Bonchev–Trinajstić information content (AvgIpc) is 2.28. The molecule has 0 amide bonds. The molecule has 0 heterocycles. The molecule has 2 nitrogen and oxygen atoms in total.